The number of nitrogens with one attached hydrogen (secondary N) is 1. The molecule has 1 atom stereocenters. The Hall–Kier alpha value is -1.88. The van der Waals surface area contributed by atoms with Crippen LogP contribution in [0.1, 0.15) is 23.2 Å². The Morgan fingerprint density at radius 1 is 1.56 bits per heavy atom. The van der Waals surface area contributed by atoms with Gasteiger partial charge in [0.2, 0.25) is 0 Å². The zero-order valence-electron chi connectivity index (χ0n) is 9.89. The number of nitrogens with zero attached hydrogens (tertiary/aromatic N) is 1. The molecule has 0 saturated carbocycles. The number of carbonyl (C=O) groups excluding carboxylic acids is 1. The van der Waals surface area contributed by atoms with Crippen LogP contribution in [-0.4, -0.2) is 35.5 Å². The molecule has 0 bridgehead atoms. The zero-order chi connectivity index (χ0) is 12.4. The first-order valence-electron chi connectivity index (χ1n) is 6.05. The normalized spacial score (nSPS) is 19.2. The lowest BCUT2D eigenvalue weighted by atomic mass is 10.1. The van der Waals surface area contributed by atoms with E-state index in [1.165, 1.54) is 0 Å². The molecule has 5 nitrogen and oxygen atoms in total. The van der Waals surface area contributed by atoms with E-state index in [1.807, 2.05) is 12.1 Å². The van der Waals surface area contributed by atoms with Gasteiger partial charge < -0.3 is 9.47 Å². The number of esters is 1. The SMILES string of the molecule is O=C(OCC1CCCO1)c1cccc2[nH]ncc12. The molecule has 2 aromatic rings. The number of hydrogen-bond acceptors (Lipinski definition) is 4. The number of carbonyl (C=O) groups is 1. The average molecular weight is 246 g/mol. The molecule has 0 aliphatic carbocycles. The second-order valence-electron chi connectivity index (χ2n) is 4.37. The lowest BCUT2D eigenvalue weighted by Crippen LogP contribution is -2.17. The van der Waals surface area contributed by atoms with Gasteiger partial charge in [0.05, 0.1) is 23.4 Å². The fourth-order valence-electron chi connectivity index (χ4n) is 2.17. The summed E-state index contributed by atoms with van der Waals surface area (Å²) >= 11 is 0. The Bertz CT molecular complexity index is 558. The highest BCUT2D eigenvalue weighted by molar-refractivity contribution is 6.03. The minimum absolute atomic E-state index is 0.0532. The number of benzene rings is 1. The molecule has 1 aliphatic rings. The van der Waals surface area contributed by atoms with Crippen molar-refractivity contribution in [3.05, 3.63) is 30.0 Å². The maximum absolute atomic E-state index is 12.0. The van der Waals surface area contributed by atoms with E-state index in [1.54, 1.807) is 12.3 Å². The molecule has 1 saturated heterocycles. The van der Waals surface area contributed by atoms with Gasteiger partial charge in [-0.1, -0.05) is 6.07 Å². The van der Waals surface area contributed by atoms with Crippen molar-refractivity contribution >= 4 is 16.9 Å². The number of ether oxygens (including phenoxy) is 2. The molecule has 1 aromatic heterocycles. The smallest absolute Gasteiger partial charge is 0.338 e. The summed E-state index contributed by atoms with van der Waals surface area (Å²) in [4.78, 5) is 12.0. The molecule has 1 unspecified atom stereocenters. The quantitative estimate of drug-likeness (QED) is 0.840. The molecule has 0 radical (unpaired) electrons. The minimum Gasteiger partial charge on any atom is -0.459 e. The number of aromatic amines is 1. The van der Waals surface area contributed by atoms with E-state index >= 15 is 0 Å². The highest BCUT2D eigenvalue weighted by atomic mass is 16.6. The number of fused-ring (bicyclic) bond motifs is 1. The van der Waals surface area contributed by atoms with Gasteiger partial charge in [-0.15, -0.1) is 0 Å². The van der Waals surface area contributed by atoms with Crippen LogP contribution < -0.4 is 0 Å². The van der Waals surface area contributed by atoms with E-state index in [4.69, 9.17) is 9.47 Å². The van der Waals surface area contributed by atoms with Crippen LogP contribution in [0.15, 0.2) is 24.4 Å². The summed E-state index contributed by atoms with van der Waals surface area (Å²) in [7, 11) is 0. The van der Waals surface area contributed by atoms with Gasteiger partial charge in [0.1, 0.15) is 6.61 Å². The predicted octanol–water partition coefficient (Wildman–Crippen LogP) is 1.90. The highest BCUT2D eigenvalue weighted by Crippen LogP contribution is 2.18. The highest BCUT2D eigenvalue weighted by Gasteiger charge is 2.19. The third kappa shape index (κ3) is 2.09. The van der Waals surface area contributed by atoms with E-state index in [0.29, 0.717) is 12.2 Å². The van der Waals surface area contributed by atoms with Crippen molar-refractivity contribution in [2.75, 3.05) is 13.2 Å². The van der Waals surface area contributed by atoms with Gasteiger partial charge in [0, 0.05) is 12.0 Å². The van der Waals surface area contributed by atoms with Gasteiger partial charge in [-0.25, -0.2) is 4.79 Å². The van der Waals surface area contributed by atoms with E-state index in [-0.39, 0.29) is 12.1 Å². The van der Waals surface area contributed by atoms with E-state index in [2.05, 4.69) is 10.2 Å². The van der Waals surface area contributed by atoms with Gasteiger partial charge in [-0.3, -0.25) is 5.10 Å². The van der Waals surface area contributed by atoms with Crippen molar-refractivity contribution in [1.82, 2.24) is 10.2 Å². The Labute approximate surface area is 104 Å². The second kappa shape index (κ2) is 4.78. The molecule has 18 heavy (non-hydrogen) atoms. The van der Waals surface area contributed by atoms with Crippen LogP contribution in [-0.2, 0) is 9.47 Å². The molecule has 0 spiro atoms. The van der Waals surface area contributed by atoms with E-state index < -0.39 is 0 Å². The number of aromatic nitrogens is 2. The van der Waals surface area contributed by atoms with Crippen LogP contribution in [0.25, 0.3) is 10.9 Å². The summed E-state index contributed by atoms with van der Waals surface area (Å²) in [6, 6.07) is 5.43. The maximum atomic E-state index is 12.0. The van der Waals surface area contributed by atoms with Crippen LogP contribution in [0.3, 0.4) is 0 Å². The van der Waals surface area contributed by atoms with Crippen molar-refractivity contribution < 1.29 is 14.3 Å². The lowest BCUT2D eigenvalue weighted by Gasteiger charge is -2.10. The molecular formula is C13H14N2O3. The largest absolute Gasteiger partial charge is 0.459 e. The first-order chi connectivity index (χ1) is 8.84. The van der Waals surface area contributed by atoms with Crippen LogP contribution in [0.5, 0.6) is 0 Å². The van der Waals surface area contributed by atoms with E-state index in [9.17, 15) is 4.79 Å². The second-order valence-corrected chi connectivity index (χ2v) is 4.37. The Balaban J connectivity index is 1.73. The predicted molar refractivity (Wildman–Crippen MR) is 65.4 cm³/mol. The minimum atomic E-state index is -0.322. The topological polar surface area (TPSA) is 64.2 Å². The van der Waals surface area contributed by atoms with Gasteiger partial charge in [-0.2, -0.15) is 5.10 Å². The van der Waals surface area contributed by atoms with Gasteiger partial charge in [0.15, 0.2) is 0 Å². The van der Waals surface area contributed by atoms with Crippen molar-refractivity contribution in [1.29, 1.82) is 0 Å². The lowest BCUT2D eigenvalue weighted by molar-refractivity contribution is 0.0163. The number of H-pyrrole nitrogens is 1. The Kier molecular flexibility index (Phi) is 2.98. The summed E-state index contributed by atoms with van der Waals surface area (Å²) in [6.07, 6.45) is 3.69. The third-order valence-electron chi connectivity index (χ3n) is 3.13. The Morgan fingerprint density at radius 3 is 3.33 bits per heavy atom. The molecule has 1 aromatic carbocycles. The van der Waals surface area contributed by atoms with Crippen molar-refractivity contribution in [2.45, 2.75) is 18.9 Å². The van der Waals surface area contributed by atoms with Gasteiger partial charge >= 0.3 is 5.97 Å². The van der Waals surface area contributed by atoms with Crippen LogP contribution in [0.4, 0.5) is 0 Å². The fraction of sp³-hybridized carbons (Fsp3) is 0.385. The molecule has 3 rings (SSSR count). The van der Waals surface area contributed by atoms with Crippen LogP contribution >= 0.6 is 0 Å². The summed E-state index contributed by atoms with van der Waals surface area (Å²) < 4.78 is 10.7. The molecule has 2 heterocycles. The third-order valence-corrected chi connectivity index (χ3v) is 3.13. The standard InChI is InChI=1S/C13H14N2O3/c16-13(18-8-9-3-2-6-17-9)10-4-1-5-12-11(10)7-14-15-12/h1,4-5,7,9H,2-3,6,8H2,(H,14,15). The Morgan fingerprint density at radius 2 is 2.50 bits per heavy atom. The van der Waals surface area contributed by atoms with Gasteiger partial charge in [0.25, 0.3) is 0 Å². The van der Waals surface area contributed by atoms with Gasteiger partial charge in [-0.05, 0) is 25.0 Å². The molecule has 1 N–H and O–H groups in total. The van der Waals surface area contributed by atoms with Crippen LogP contribution in [0.2, 0.25) is 0 Å². The fourth-order valence-corrected chi connectivity index (χ4v) is 2.17. The zero-order valence-corrected chi connectivity index (χ0v) is 9.89. The maximum Gasteiger partial charge on any atom is 0.338 e. The molecule has 1 aliphatic heterocycles. The monoisotopic (exact) mass is 246 g/mol. The summed E-state index contributed by atoms with van der Waals surface area (Å²) in [6.45, 7) is 1.09. The summed E-state index contributed by atoms with van der Waals surface area (Å²) in [5, 5.41) is 7.54. The van der Waals surface area contributed by atoms with Crippen molar-refractivity contribution in [2.24, 2.45) is 0 Å². The number of hydrogen-bond donors (Lipinski definition) is 1. The summed E-state index contributed by atoms with van der Waals surface area (Å²) in [5.74, 6) is -0.322. The van der Waals surface area contributed by atoms with Crippen molar-refractivity contribution in [3.8, 4) is 0 Å². The first-order valence-corrected chi connectivity index (χ1v) is 6.05. The molecule has 94 valence electrons. The molecule has 5 heteroatoms. The van der Waals surface area contributed by atoms with Crippen LogP contribution in [0, 0.1) is 0 Å². The van der Waals surface area contributed by atoms with E-state index in [0.717, 1.165) is 30.4 Å². The molecule has 0 amide bonds. The van der Waals surface area contributed by atoms with Crippen molar-refractivity contribution in [3.63, 3.8) is 0 Å². The average Bonchev–Trinajstić information content (AvgIpc) is 3.05. The number of rotatable bonds is 3. The molecule has 1 fully saturated rings. The summed E-state index contributed by atoms with van der Waals surface area (Å²) in [5.41, 5.74) is 1.38. The first kappa shape index (κ1) is 11.2. The molecular weight excluding hydrogens is 232 g/mol.